The van der Waals surface area contributed by atoms with Gasteiger partial charge in [-0.15, -0.1) is 11.8 Å². The standard InChI is InChI=1S/C9H15N3S/c1-7-8(6-11-12(7)2)9-10-4-3-5-13-9/h6,9-10H,3-5H2,1-2H3. The molecule has 1 saturated heterocycles. The minimum absolute atomic E-state index is 0.461. The highest BCUT2D eigenvalue weighted by molar-refractivity contribution is 7.99. The lowest BCUT2D eigenvalue weighted by Gasteiger charge is -2.22. The van der Waals surface area contributed by atoms with E-state index in [1.165, 1.54) is 23.4 Å². The monoisotopic (exact) mass is 197 g/mol. The summed E-state index contributed by atoms with van der Waals surface area (Å²) in [5.41, 5.74) is 2.61. The number of rotatable bonds is 1. The predicted molar refractivity (Wildman–Crippen MR) is 55.8 cm³/mol. The first-order valence-corrected chi connectivity index (χ1v) is 5.67. The van der Waals surface area contributed by atoms with Gasteiger partial charge in [0, 0.05) is 18.3 Å². The van der Waals surface area contributed by atoms with E-state index in [1.807, 2.05) is 29.7 Å². The minimum Gasteiger partial charge on any atom is -0.302 e. The van der Waals surface area contributed by atoms with Crippen LogP contribution in [0.2, 0.25) is 0 Å². The van der Waals surface area contributed by atoms with Crippen LogP contribution >= 0.6 is 11.8 Å². The number of aryl methyl sites for hydroxylation is 1. The summed E-state index contributed by atoms with van der Waals surface area (Å²) in [7, 11) is 1.99. The number of hydrogen-bond donors (Lipinski definition) is 1. The molecule has 0 bridgehead atoms. The summed E-state index contributed by atoms with van der Waals surface area (Å²) < 4.78 is 1.94. The Morgan fingerprint density at radius 1 is 1.69 bits per heavy atom. The van der Waals surface area contributed by atoms with Crippen LogP contribution in [0.5, 0.6) is 0 Å². The molecule has 2 rings (SSSR count). The molecule has 1 aliphatic heterocycles. The van der Waals surface area contributed by atoms with Gasteiger partial charge in [0.05, 0.1) is 11.6 Å². The maximum Gasteiger partial charge on any atom is 0.0822 e. The molecule has 0 aliphatic carbocycles. The van der Waals surface area contributed by atoms with Gasteiger partial charge in [0.1, 0.15) is 0 Å². The molecule has 0 spiro atoms. The zero-order valence-electron chi connectivity index (χ0n) is 8.08. The molecule has 1 aromatic rings. The predicted octanol–water partition coefficient (Wildman–Crippen LogP) is 1.45. The van der Waals surface area contributed by atoms with E-state index in [-0.39, 0.29) is 0 Å². The van der Waals surface area contributed by atoms with Crippen LogP contribution in [0, 0.1) is 6.92 Å². The van der Waals surface area contributed by atoms with E-state index in [2.05, 4.69) is 17.3 Å². The van der Waals surface area contributed by atoms with Gasteiger partial charge in [0.15, 0.2) is 0 Å². The second-order valence-electron chi connectivity index (χ2n) is 3.37. The smallest absolute Gasteiger partial charge is 0.0822 e. The maximum atomic E-state index is 4.25. The molecule has 0 amide bonds. The topological polar surface area (TPSA) is 29.9 Å². The van der Waals surface area contributed by atoms with Crippen LogP contribution in [0.4, 0.5) is 0 Å². The largest absolute Gasteiger partial charge is 0.302 e. The Kier molecular flexibility index (Phi) is 2.60. The molecule has 13 heavy (non-hydrogen) atoms. The quantitative estimate of drug-likeness (QED) is 0.739. The molecule has 72 valence electrons. The van der Waals surface area contributed by atoms with Gasteiger partial charge in [-0.1, -0.05) is 0 Å². The highest BCUT2D eigenvalue weighted by Crippen LogP contribution is 2.30. The van der Waals surface area contributed by atoms with Crippen molar-refractivity contribution >= 4 is 11.8 Å². The van der Waals surface area contributed by atoms with Crippen LogP contribution in [0.25, 0.3) is 0 Å². The molecule has 0 saturated carbocycles. The second-order valence-corrected chi connectivity index (χ2v) is 4.58. The van der Waals surface area contributed by atoms with E-state index in [9.17, 15) is 0 Å². The zero-order chi connectivity index (χ0) is 9.26. The Hall–Kier alpha value is -0.480. The van der Waals surface area contributed by atoms with Gasteiger partial charge < -0.3 is 5.32 Å². The maximum absolute atomic E-state index is 4.25. The van der Waals surface area contributed by atoms with Crippen LogP contribution in [0.1, 0.15) is 23.1 Å². The van der Waals surface area contributed by atoms with Gasteiger partial charge in [-0.3, -0.25) is 4.68 Å². The normalized spacial score (nSPS) is 23.4. The van der Waals surface area contributed by atoms with E-state index in [0.717, 1.165) is 6.54 Å². The molecule has 2 heterocycles. The molecule has 1 fully saturated rings. The SMILES string of the molecule is Cc1c(C2NCCCS2)cnn1C. The highest BCUT2D eigenvalue weighted by atomic mass is 32.2. The fourth-order valence-electron chi connectivity index (χ4n) is 1.54. The molecular formula is C9H15N3S. The Balaban J connectivity index is 2.18. The molecule has 4 heteroatoms. The Bertz CT molecular complexity index is 289. The summed E-state index contributed by atoms with van der Waals surface area (Å²) in [6.07, 6.45) is 3.26. The van der Waals surface area contributed by atoms with E-state index in [0.29, 0.717) is 5.37 Å². The lowest BCUT2D eigenvalue weighted by atomic mass is 10.2. The molecule has 1 atom stereocenters. The van der Waals surface area contributed by atoms with Crippen molar-refractivity contribution in [1.29, 1.82) is 0 Å². The van der Waals surface area contributed by atoms with Crippen molar-refractivity contribution in [1.82, 2.24) is 15.1 Å². The van der Waals surface area contributed by atoms with Gasteiger partial charge in [-0.25, -0.2) is 0 Å². The third-order valence-corrected chi connectivity index (χ3v) is 3.77. The van der Waals surface area contributed by atoms with Crippen molar-refractivity contribution in [3.8, 4) is 0 Å². The molecule has 1 aromatic heterocycles. The fourth-order valence-corrected chi connectivity index (χ4v) is 2.73. The number of hydrogen-bond acceptors (Lipinski definition) is 3. The van der Waals surface area contributed by atoms with Gasteiger partial charge in [0.2, 0.25) is 0 Å². The lowest BCUT2D eigenvalue weighted by Crippen LogP contribution is -2.25. The molecule has 0 aromatic carbocycles. The average Bonchev–Trinajstić information content (AvgIpc) is 2.49. The lowest BCUT2D eigenvalue weighted by molar-refractivity contribution is 0.638. The van der Waals surface area contributed by atoms with Crippen LogP contribution in [-0.4, -0.2) is 22.1 Å². The first-order chi connectivity index (χ1) is 6.29. The van der Waals surface area contributed by atoms with E-state index in [4.69, 9.17) is 0 Å². The Labute approximate surface area is 82.9 Å². The molecular weight excluding hydrogens is 182 g/mol. The van der Waals surface area contributed by atoms with Crippen LogP contribution in [0.3, 0.4) is 0 Å². The summed E-state index contributed by atoms with van der Waals surface area (Å²) in [6, 6.07) is 0. The van der Waals surface area contributed by atoms with Crippen molar-refractivity contribution in [3.63, 3.8) is 0 Å². The van der Waals surface area contributed by atoms with Crippen molar-refractivity contribution in [3.05, 3.63) is 17.5 Å². The fraction of sp³-hybridized carbons (Fsp3) is 0.667. The molecule has 3 nitrogen and oxygen atoms in total. The van der Waals surface area contributed by atoms with Crippen LogP contribution in [0.15, 0.2) is 6.20 Å². The molecule has 1 unspecified atom stereocenters. The zero-order valence-corrected chi connectivity index (χ0v) is 8.90. The summed E-state index contributed by atoms with van der Waals surface area (Å²) >= 11 is 1.98. The van der Waals surface area contributed by atoms with E-state index in [1.54, 1.807) is 0 Å². The highest BCUT2D eigenvalue weighted by Gasteiger charge is 2.18. The number of aromatic nitrogens is 2. The van der Waals surface area contributed by atoms with Crippen LogP contribution in [-0.2, 0) is 7.05 Å². The van der Waals surface area contributed by atoms with E-state index < -0.39 is 0 Å². The van der Waals surface area contributed by atoms with Gasteiger partial charge >= 0.3 is 0 Å². The first-order valence-electron chi connectivity index (χ1n) is 4.62. The first kappa shape index (κ1) is 9.09. The van der Waals surface area contributed by atoms with Crippen molar-refractivity contribution in [2.75, 3.05) is 12.3 Å². The second kappa shape index (κ2) is 3.72. The van der Waals surface area contributed by atoms with Crippen molar-refractivity contribution in [2.24, 2.45) is 7.05 Å². The third-order valence-electron chi connectivity index (χ3n) is 2.49. The average molecular weight is 197 g/mol. The van der Waals surface area contributed by atoms with Gasteiger partial charge in [-0.2, -0.15) is 5.10 Å². The number of nitrogens with zero attached hydrogens (tertiary/aromatic N) is 2. The van der Waals surface area contributed by atoms with Gasteiger partial charge in [-0.05, 0) is 25.6 Å². The van der Waals surface area contributed by atoms with Crippen LogP contribution < -0.4 is 5.32 Å². The molecule has 1 aliphatic rings. The van der Waals surface area contributed by atoms with Crippen molar-refractivity contribution in [2.45, 2.75) is 18.7 Å². The summed E-state index contributed by atoms with van der Waals surface area (Å²) in [5.74, 6) is 1.26. The number of thioether (sulfide) groups is 1. The van der Waals surface area contributed by atoms with Gasteiger partial charge in [0.25, 0.3) is 0 Å². The summed E-state index contributed by atoms with van der Waals surface area (Å²) in [4.78, 5) is 0. The third kappa shape index (κ3) is 1.74. The molecule has 0 radical (unpaired) electrons. The minimum atomic E-state index is 0.461. The number of nitrogens with one attached hydrogen (secondary N) is 1. The van der Waals surface area contributed by atoms with E-state index >= 15 is 0 Å². The van der Waals surface area contributed by atoms with Crippen molar-refractivity contribution < 1.29 is 0 Å². The summed E-state index contributed by atoms with van der Waals surface area (Å²) in [6.45, 7) is 3.26. The molecule has 1 N–H and O–H groups in total. The Morgan fingerprint density at radius 3 is 3.08 bits per heavy atom. The Morgan fingerprint density at radius 2 is 2.54 bits per heavy atom. The summed E-state index contributed by atoms with van der Waals surface area (Å²) in [5, 5.41) is 8.21.